The highest BCUT2D eigenvalue weighted by atomic mass is 16.6. The molecule has 0 aromatic heterocycles. The highest BCUT2D eigenvalue weighted by Crippen LogP contribution is 1.92. The van der Waals surface area contributed by atoms with Gasteiger partial charge in [-0.1, -0.05) is 19.8 Å². The van der Waals surface area contributed by atoms with E-state index in [4.69, 9.17) is 0 Å². The lowest BCUT2D eigenvalue weighted by atomic mass is 10.3. The molecule has 0 aliphatic heterocycles. The average Bonchev–Trinajstić information content (AvgIpc) is 1.81. The van der Waals surface area contributed by atoms with Gasteiger partial charge in [-0.2, -0.15) is 0 Å². The van der Waals surface area contributed by atoms with Crippen molar-refractivity contribution in [2.75, 3.05) is 13.4 Å². The van der Waals surface area contributed by atoms with Crippen LogP contribution in [0.4, 0.5) is 0 Å². The minimum absolute atomic E-state index is 0.385. The summed E-state index contributed by atoms with van der Waals surface area (Å²) in [6.07, 6.45) is 3.38. The zero-order valence-corrected chi connectivity index (χ0v) is 5.35. The molecule has 0 atom stereocenters. The maximum absolute atomic E-state index is 9.67. The second-order valence-corrected chi connectivity index (χ2v) is 1.73. The van der Waals surface area contributed by atoms with Crippen molar-refractivity contribution in [3.8, 4) is 0 Å². The van der Waals surface area contributed by atoms with Crippen molar-refractivity contribution < 1.29 is 9.84 Å². The SMILES string of the molecule is CCCCCOC[O]. The molecule has 1 radical (unpaired) electrons. The van der Waals surface area contributed by atoms with Crippen LogP contribution in [0.1, 0.15) is 26.2 Å². The maximum Gasteiger partial charge on any atom is 0.180 e. The molecule has 0 aromatic carbocycles. The predicted octanol–water partition coefficient (Wildman–Crippen LogP) is 1.58. The molecule has 0 fully saturated rings. The lowest BCUT2D eigenvalue weighted by Crippen LogP contribution is -1.93. The Hall–Kier alpha value is -0.0800. The molecule has 0 saturated heterocycles. The Labute approximate surface area is 50.5 Å². The summed E-state index contributed by atoms with van der Waals surface area (Å²) < 4.78 is 4.58. The summed E-state index contributed by atoms with van der Waals surface area (Å²) in [5.74, 6) is 0. The van der Waals surface area contributed by atoms with E-state index >= 15 is 0 Å². The van der Waals surface area contributed by atoms with Gasteiger partial charge < -0.3 is 4.74 Å². The fourth-order valence-electron chi connectivity index (χ4n) is 0.513. The van der Waals surface area contributed by atoms with Crippen LogP contribution in [0.2, 0.25) is 0 Å². The number of rotatable bonds is 5. The quantitative estimate of drug-likeness (QED) is 0.397. The van der Waals surface area contributed by atoms with Crippen LogP contribution >= 0.6 is 0 Å². The first kappa shape index (κ1) is 7.92. The first-order chi connectivity index (χ1) is 3.91. The highest BCUT2D eigenvalue weighted by molar-refractivity contribution is 4.33. The Kier molecular flexibility index (Phi) is 6.85. The fraction of sp³-hybridized carbons (Fsp3) is 1.00. The average molecular weight is 117 g/mol. The van der Waals surface area contributed by atoms with Crippen molar-refractivity contribution in [3.63, 3.8) is 0 Å². The van der Waals surface area contributed by atoms with Crippen LogP contribution in [0.3, 0.4) is 0 Å². The number of hydrogen-bond donors (Lipinski definition) is 0. The molecule has 0 N–H and O–H groups in total. The second kappa shape index (κ2) is 6.92. The van der Waals surface area contributed by atoms with E-state index in [1.165, 1.54) is 12.8 Å². The van der Waals surface area contributed by atoms with Gasteiger partial charge in [0.2, 0.25) is 0 Å². The Balaban J connectivity index is 2.53. The van der Waals surface area contributed by atoms with Crippen molar-refractivity contribution in [2.45, 2.75) is 26.2 Å². The molecule has 49 valence electrons. The van der Waals surface area contributed by atoms with Crippen molar-refractivity contribution in [1.29, 1.82) is 0 Å². The summed E-state index contributed by atoms with van der Waals surface area (Å²) >= 11 is 0. The fourth-order valence-corrected chi connectivity index (χ4v) is 0.513. The molecule has 0 amide bonds. The Morgan fingerprint density at radius 1 is 1.38 bits per heavy atom. The van der Waals surface area contributed by atoms with Crippen molar-refractivity contribution >= 4 is 0 Å². The number of unbranched alkanes of at least 4 members (excludes halogenated alkanes) is 2. The van der Waals surface area contributed by atoms with E-state index in [9.17, 15) is 5.11 Å². The first-order valence-electron chi connectivity index (χ1n) is 3.07. The molecule has 0 rings (SSSR count). The van der Waals surface area contributed by atoms with Gasteiger partial charge in [-0.25, -0.2) is 5.11 Å². The molecular formula is C6H13O2. The molecule has 2 nitrogen and oxygen atoms in total. The lowest BCUT2D eigenvalue weighted by molar-refractivity contribution is -0.0445. The third-order valence-corrected chi connectivity index (χ3v) is 0.976. The van der Waals surface area contributed by atoms with Crippen LogP contribution < -0.4 is 0 Å². The van der Waals surface area contributed by atoms with Gasteiger partial charge in [0.1, 0.15) is 0 Å². The summed E-state index contributed by atoms with van der Waals surface area (Å²) in [6, 6.07) is 0. The van der Waals surface area contributed by atoms with E-state index in [0.717, 1.165) is 6.42 Å². The number of ether oxygens (including phenoxy) is 1. The molecule has 0 bridgehead atoms. The van der Waals surface area contributed by atoms with Crippen LogP contribution in [-0.2, 0) is 9.84 Å². The first-order valence-corrected chi connectivity index (χ1v) is 3.07. The van der Waals surface area contributed by atoms with Crippen LogP contribution in [0, 0.1) is 0 Å². The van der Waals surface area contributed by atoms with Gasteiger partial charge in [0, 0.05) is 6.61 Å². The summed E-state index contributed by atoms with van der Waals surface area (Å²) in [5, 5.41) is 9.67. The van der Waals surface area contributed by atoms with Gasteiger partial charge in [0.25, 0.3) is 0 Å². The molecule has 0 aromatic rings. The van der Waals surface area contributed by atoms with Gasteiger partial charge in [-0.3, -0.25) is 0 Å². The summed E-state index contributed by atoms with van der Waals surface area (Å²) in [6.45, 7) is 2.37. The highest BCUT2D eigenvalue weighted by Gasteiger charge is 1.83. The third kappa shape index (κ3) is 5.92. The zero-order valence-electron chi connectivity index (χ0n) is 5.35. The predicted molar refractivity (Wildman–Crippen MR) is 31.0 cm³/mol. The van der Waals surface area contributed by atoms with Crippen molar-refractivity contribution in [3.05, 3.63) is 0 Å². The summed E-state index contributed by atoms with van der Waals surface area (Å²) in [7, 11) is 0. The van der Waals surface area contributed by atoms with E-state index < -0.39 is 0 Å². The number of hydrogen-bond acceptors (Lipinski definition) is 1. The molecule has 2 heteroatoms. The van der Waals surface area contributed by atoms with Crippen LogP contribution in [0.15, 0.2) is 0 Å². The smallest absolute Gasteiger partial charge is 0.180 e. The topological polar surface area (TPSA) is 29.1 Å². The van der Waals surface area contributed by atoms with Crippen molar-refractivity contribution in [2.24, 2.45) is 0 Å². The van der Waals surface area contributed by atoms with Gasteiger partial charge in [0.15, 0.2) is 6.79 Å². The molecule has 0 unspecified atom stereocenters. The molecule has 0 saturated carbocycles. The standard InChI is InChI=1S/C6H13O2/c1-2-3-4-5-8-6-7/h2-6H2,1H3. The molecule has 0 heterocycles. The molecular weight excluding hydrogens is 104 g/mol. The van der Waals surface area contributed by atoms with Crippen LogP contribution in [0.25, 0.3) is 0 Å². The Bertz CT molecular complexity index is 31.5. The van der Waals surface area contributed by atoms with Gasteiger partial charge in [-0.05, 0) is 6.42 Å². The maximum atomic E-state index is 9.67. The van der Waals surface area contributed by atoms with Crippen LogP contribution in [0.5, 0.6) is 0 Å². The monoisotopic (exact) mass is 117 g/mol. The van der Waals surface area contributed by atoms with Gasteiger partial charge in [0.05, 0.1) is 0 Å². The Morgan fingerprint density at radius 2 is 2.12 bits per heavy atom. The molecule has 0 spiro atoms. The van der Waals surface area contributed by atoms with E-state index in [1.807, 2.05) is 0 Å². The van der Waals surface area contributed by atoms with E-state index in [-0.39, 0.29) is 6.79 Å². The second-order valence-electron chi connectivity index (χ2n) is 1.73. The van der Waals surface area contributed by atoms with Crippen molar-refractivity contribution in [1.82, 2.24) is 0 Å². The van der Waals surface area contributed by atoms with Crippen LogP contribution in [-0.4, -0.2) is 13.4 Å². The normalized spacial score (nSPS) is 9.75. The molecule has 0 aliphatic carbocycles. The molecule has 0 aliphatic rings. The summed E-state index contributed by atoms with van der Waals surface area (Å²) in [4.78, 5) is 0. The van der Waals surface area contributed by atoms with Gasteiger partial charge >= 0.3 is 0 Å². The largest absolute Gasteiger partial charge is 0.352 e. The Morgan fingerprint density at radius 3 is 2.62 bits per heavy atom. The minimum Gasteiger partial charge on any atom is -0.352 e. The van der Waals surface area contributed by atoms with Gasteiger partial charge in [-0.15, -0.1) is 0 Å². The van der Waals surface area contributed by atoms with E-state index in [1.54, 1.807) is 0 Å². The molecule has 8 heavy (non-hydrogen) atoms. The third-order valence-electron chi connectivity index (χ3n) is 0.976. The van der Waals surface area contributed by atoms with E-state index in [2.05, 4.69) is 11.7 Å². The zero-order chi connectivity index (χ0) is 6.24. The lowest BCUT2D eigenvalue weighted by Gasteiger charge is -1.95. The summed E-state index contributed by atoms with van der Waals surface area (Å²) in [5.41, 5.74) is 0. The van der Waals surface area contributed by atoms with E-state index in [0.29, 0.717) is 6.61 Å². The minimum atomic E-state index is -0.385.